The van der Waals surface area contributed by atoms with Crippen molar-refractivity contribution in [1.82, 2.24) is 19.9 Å². The summed E-state index contributed by atoms with van der Waals surface area (Å²) in [6.07, 6.45) is 4.81. The Morgan fingerprint density at radius 2 is 1.73 bits per heavy atom. The number of anilines is 1. The number of nitrogens with one attached hydrogen (secondary N) is 1. The van der Waals surface area contributed by atoms with Crippen molar-refractivity contribution in [3.63, 3.8) is 0 Å². The predicted molar refractivity (Wildman–Crippen MR) is 128 cm³/mol. The Hall–Kier alpha value is -4.65. The number of benzene rings is 2. The van der Waals surface area contributed by atoms with Crippen LogP contribution in [0.3, 0.4) is 0 Å². The van der Waals surface area contributed by atoms with Gasteiger partial charge in [-0.3, -0.25) is 14.8 Å². The number of rotatable bonds is 6. The molecule has 0 aliphatic carbocycles. The topological polar surface area (TPSA) is 107 Å². The maximum atomic E-state index is 11.6. The van der Waals surface area contributed by atoms with E-state index in [0.717, 1.165) is 27.7 Å². The van der Waals surface area contributed by atoms with Crippen LogP contribution in [0.2, 0.25) is 0 Å². The zero-order valence-electron chi connectivity index (χ0n) is 17.6. The molecule has 7 heteroatoms. The number of nitrogens with zero attached hydrogens (tertiary/aromatic N) is 4. The van der Waals surface area contributed by atoms with Crippen molar-refractivity contribution >= 4 is 22.6 Å². The largest absolute Gasteiger partial charge is 0.366 e. The summed E-state index contributed by atoms with van der Waals surface area (Å²) in [6, 6.07) is 23.5. The van der Waals surface area contributed by atoms with E-state index in [4.69, 9.17) is 15.7 Å². The zero-order valence-corrected chi connectivity index (χ0v) is 17.6. The smallest absolute Gasteiger partial charge is 0.250 e. The Labute approximate surface area is 190 Å². The molecule has 0 radical (unpaired) electrons. The first kappa shape index (κ1) is 20.3. The van der Waals surface area contributed by atoms with Crippen molar-refractivity contribution in [2.24, 2.45) is 5.73 Å². The summed E-state index contributed by atoms with van der Waals surface area (Å²) in [5.74, 6) is 0.571. The highest BCUT2D eigenvalue weighted by molar-refractivity contribution is 6.02. The maximum absolute atomic E-state index is 11.6. The van der Waals surface area contributed by atoms with Gasteiger partial charge >= 0.3 is 0 Å². The van der Waals surface area contributed by atoms with E-state index in [1.807, 2.05) is 48.5 Å². The molecule has 0 fully saturated rings. The van der Waals surface area contributed by atoms with E-state index in [-0.39, 0.29) is 0 Å². The molecule has 3 heterocycles. The fraction of sp³-hybridized carbons (Fsp3) is 0.0385. The number of carbonyl (C=O) groups excluding carboxylic acids is 1. The van der Waals surface area contributed by atoms with Gasteiger partial charge in [-0.2, -0.15) is 0 Å². The van der Waals surface area contributed by atoms with Crippen molar-refractivity contribution in [2.75, 3.05) is 5.32 Å². The van der Waals surface area contributed by atoms with E-state index >= 15 is 0 Å². The molecule has 0 saturated carbocycles. The van der Waals surface area contributed by atoms with Crippen LogP contribution in [0.25, 0.3) is 33.4 Å². The number of amides is 1. The molecule has 0 aliphatic heterocycles. The predicted octanol–water partition coefficient (Wildman–Crippen LogP) is 4.46. The van der Waals surface area contributed by atoms with E-state index in [9.17, 15) is 4.79 Å². The van der Waals surface area contributed by atoms with Gasteiger partial charge in [0.25, 0.3) is 0 Å². The van der Waals surface area contributed by atoms with Crippen molar-refractivity contribution in [3.05, 3.63) is 103 Å². The van der Waals surface area contributed by atoms with Crippen LogP contribution < -0.4 is 11.1 Å². The minimum atomic E-state index is -0.551. The lowest BCUT2D eigenvalue weighted by Crippen LogP contribution is -2.11. The number of aromatic nitrogens is 4. The molecular weight excluding hydrogens is 412 g/mol. The molecule has 0 unspecified atom stereocenters. The Kier molecular flexibility index (Phi) is 5.43. The van der Waals surface area contributed by atoms with Crippen LogP contribution in [0.1, 0.15) is 16.1 Å². The molecule has 3 N–H and O–H groups in total. The molecule has 1 amide bonds. The number of primary amides is 1. The van der Waals surface area contributed by atoms with Gasteiger partial charge in [0, 0.05) is 24.2 Å². The fourth-order valence-corrected chi connectivity index (χ4v) is 3.67. The van der Waals surface area contributed by atoms with Crippen LogP contribution in [0.15, 0.2) is 91.4 Å². The van der Waals surface area contributed by atoms with Gasteiger partial charge in [0.05, 0.1) is 28.7 Å². The highest BCUT2D eigenvalue weighted by Gasteiger charge is 2.15. The van der Waals surface area contributed by atoms with Crippen LogP contribution in [-0.2, 0) is 6.54 Å². The van der Waals surface area contributed by atoms with Crippen molar-refractivity contribution in [3.8, 4) is 22.5 Å². The third-order valence-electron chi connectivity index (χ3n) is 5.25. The fourth-order valence-electron chi connectivity index (χ4n) is 3.67. The summed E-state index contributed by atoms with van der Waals surface area (Å²) < 4.78 is 0. The number of hydrogen-bond acceptors (Lipinski definition) is 6. The maximum Gasteiger partial charge on any atom is 0.250 e. The molecule has 7 nitrogen and oxygen atoms in total. The lowest BCUT2D eigenvalue weighted by molar-refractivity contribution is 0.1000. The summed E-state index contributed by atoms with van der Waals surface area (Å²) in [4.78, 5) is 29.8. The first-order valence-corrected chi connectivity index (χ1v) is 10.4. The number of pyridine rings is 2. The molecule has 0 spiro atoms. The highest BCUT2D eigenvalue weighted by atomic mass is 16.1. The Bertz CT molecular complexity index is 1440. The van der Waals surface area contributed by atoms with Gasteiger partial charge in [0.15, 0.2) is 5.82 Å². The van der Waals surface area contributed by atoms with Crippen molar-refractivity contribution in [2.45, 2.75) is 6.54 Å². The van der Waals surface area contributed by atoms with Crippen LogP contribution in [0, 0.1) is 0 Å². The quantitative estimate of drug-likeness (QED) is 0.410. The van der Waals surface area contributed by atoms with Gasteiger partial charge < -0.3 is 11.1 Å². The van der Waals surface area contributed by atoms with Gasteiger partial charge in [0.1, 0.15) is 5.82 Å². The molecule has 0 saturated heterocycles. The molecule has 0 bridgehead atoms. The van der Waals surface area contributed by atoms with E-state index in [0.29, 0.717) is 29.3 Å². The van der Waals surface area contributed by atoms with Crippen LogP contribution >= 0.6 is 0 Å². The van der Waals surface area contributed by atoms with Gasteiger partial charge in [-0.25, -0.2) is 9.97 Å². The number of hydrogen-bond donors (Lipinski definition) is 2. The van der Waals surface area contributed by atoms with E-state index in [1.165, 1.54) is 6.20 Å². The van der Waals surface area contributed by atoms with E-state index in [1.54, 1.807) is 18.5 Å². The standard InChI is InChI=1S/C26H20N6O/c27-24(33)18-13-19(15-28-14-18)25-31-22-11-6-10-21(17-7-2-1-3-8-17)23(22)26(32-25)30-16-20-9-4-5-12-29-20/h1-15H,16H2,(H2,27,33)(H,30,31,32). The second-order valence-corrected chi connectivity index (χ2v) is 7.46. The monoisotopic (exact) mass is 432 g/mol. The highest BCUT2D eigenvalue weighted by Crippen LogP contribution is 2.34. The van der Waals surface area contributed by atoms with Gasteiger partial charge in [-0.05, 0) is 35.4 Å². The van der Waals surface area contributed by atoms with Crippen LogP contribution in [-0.4, -0.2) is 25.8 Å². The van der Waals surface area contributed by atoms with Crippen molar-refractivity contribution in [1.29, 1.82) is 0 Å². The summed E-state index contributed by atoms with van der Waals surface area (Å²) in [5.41, 5.74) is 10.1. The molecule has 160 valence electrons. The Morgan fingerprint density at radius 1 is 0.879 bits per heavy atom. The minimum absolute atomic E-state index is 0.303. The molecule has 5 rings (SSSR count). The van der Waals surface area contributed by atoms with Gasteiger partial charge in [-0.1, -0.05) is 48.5 Å². The Balaban J connectivity index is 1.68. The van der Waals surface area contributed by atoms with Crippen LogP contribution in [0.5, 0.6) is 0 Å². The minimum Gasteiger partial charge on any atom is -0.366 e. The normalized spacial score (nSPS) is 10.8. The average Bonchev–Trinajstić information content (AvgIpc) is 2.88. The lowest BCUT2D eigenvalue weighted by Gasteiger charge is -2.14. The van der Waals surface area contributed by atoms with Gasteiger partial charge in [-0.15, -0.1) is 0 Å². The molecule has 5 aromatic rings. The Morgan fingerprint density at radius 3 is 2.52 bits per heavy atom. The third kappa shape index (κ3) is 4.24. The first-order valence-electron chi connectivity index (χ1n) is 10.4. The third-order valence-corrected chi connectivity index (χ3v) is 5.25. The average molecular weight is 432 g/mol. The van der Waals surface area contributed by atoms with E-state index in [2.05, 4.69) is 33.5 Å². The first-order chi connectivity index (χ1) is 16.2. The zero-order chi connectivity index (χ0) is 22.6. The van der Waals surface area contributed by atoms with Crippen molar-refractivity contribution < 1.29 is 4.79 Å². The SMILES string of the molecule is NC(=O)c1cncc(-c2nc(NCc3ccccn3)c3c(-c4ccccc4)cccc3n2)c1. The summed E-state index contributed by atoms with van der Waals surface area (Å²) in [5, 5.41) is 4.34. The van der Waals surface area contributed by atoms with Gasteiger partial charge in [0.2, 0.25) is 5.91 Å². The number of fused-ring (bicyclic) bond motifs is 1. The lowest BCUT2D eigenvalue weighted by atomic mass is 10.0. The van der Waals surface area contributed by atoms with Crippen LogP contribution in [0.4, 0.5) is 5.82 Å². The number of nitrogens with two attached hydrogens (primary N) is 1. The molecule has 3 aromatic heterocycles. The molecule has 2 aromatic carbocycles. The summed E-state index contributed by atoms with van der Waals surface area (Å²) in [6.45, 7) is 0.495. The second-order valence-electron chi connectivity index (χ2n) is 7.46. The summed E-state index contributed by atoms with van der Waals surface area (Å²) >= 11 is 0. The molecular formula is C26H20N6O. The molecule has 0 atom stereocenters. The summed E-state index contributed by atoms with van der Waals surface area (Å²) in [7, 11) is 0. The molecule has 0 aliphatic rings. The van der Waals surface area contributed by atoms with E-state index < -0.39 is 5.91 Å². The number of carbonyl (C=O) groups is 1. The molecule has 33 heavy (non-hydrogen) atoms. The second kappa shape index (κ2) is 8.84.